The van der Waals surface area contributed by atoms with Gasteiger partial charge < -0.3 is 14.6 Å². The number of esters is 1. The van der Waals surface area contributed by atoms with E-state index in [0.717, 1.165) is 17.2 Å². The van der Waals surface area contributed by atoms with E-state index in [4.69, 9.17) is 9.47 Å². The van der Waals surface area contributed by atoms with Crippen LogP contribution in [-0.4, -0.2) is 23.5 Å². The third-order valence-corrected chi connectivity index (χ3v) is 4.55. The maximum atomic E-state index is 12.3. The van der Waals surface area contributed by atoms with Crippen LogP contribution in [0, 0.1) is 5.92 Å². The molecule has 0 saturated carbocycles. The van der Waals surface area contributed by atoms with Crippen LogP contribution in [0.3, 0.4) is 0 Å². The second kappa shape index (κ2) is 8.54. The van der Waals surface area contributed by atoms with Gasteiger partial charge in [0.05, 0.1) is 6.61 Å². The van der Waals surface area contributed by atoms with E-state index in [1.807, 2.05) is 42.5 Å². The molecule has 1 N–H and O–H groups in total. The lowest BCUT2D eigenvalue weighted by molar-refractivity contribution is -0.148. The number of aliphatic hydroxyl groups excluding tert-OH is 1. The molecule has 3 rings (SSSR count). The third-order valence-electron chi connectivity index (χ3n) is 4.55. The molecule has 140 valence electrons. The molecule has 0 bridgehead atoms. The minimum Gasteiger partial charge on any atom is -0.511 e. The maximum absolute atomic E-state index is 12.3. The lowest BCUT2D eigenvalue weighted by atomic mass is 9.77. The monoisotopic (exact) mass is 366 g/mol. The Morgan fingerprint density at radius 3 is 2.48 bits per heavy atom. The number of benzene rings is 2. The molecule has 0 fully saturated rings. The molecule has 0 spiro atoms. The van der Waals surface area contributed by atoms with Crippen LogP contribution >= 0.6 is 0 Å². The zero-order valence-electron chi connectivity index (χ0n) is 15.1. The zero-order valence-corrected chi connectivity index (χ0v) is 15.1. The Bertz CT molecular complexity index is 824. The summed E-state index contributed by atoms with van der Waals surface area (Å²) in [4.78, 5) is 24.2. The molecule has 5 heteroatoms. The Labute approximate surface area is 158 Å². The van der Waals surface area contributed by atoms with Crippen LogP contribution in [0.25, 0.3) is 0 Å². The van der Waals surface area contributed by atoms with Gasteiger partial charge >= 0.3 is 5.97 Å². The Morgan fingerprint density at radius 2 is 1.81 bits per heavy atom. The van der Waals surface area contributed by atoms with Crippen LogP contribution in [0.15, 0.2) is 66.4 Å². The average molecular weight is 366 g/mol. The molecule has 0 radical (unpaired) electrons. The Kier molecular flexibility index (Phi) is 5.91. The number of rotatable bonds is 6. The summed E-state index contributed by atoms with van der Waals surface area (Å²) in [5.41, 5.74) is 1.85. The van der Waals surface area contributed by atoms with Crippen LogP contribution in [0.4, 0.5) is 0 Å². The summed E-state index contributed by atoms with van der Waals surface area (Å²) in [5.74, 6) is -1.59. The number of ketones is 1. The molecular weight excluding hydrogens is 344 g/mol. The van der Waals surface area contributed by atoms with Gasteiger partial charge in [-0.05, 0) is 30.2 Å². The van der Waals surface area contributed by atoms with Gasteiger partial charge in [0.2, 0.25) is 0 Å². The molecular formula is C22H22O5. The van der Waals surface area contributed by atoms with Crippen LogP contribution < -0.4 is 4.74 Å². The SMILES string of the molecule is CCOC(=O)C1C(O)=CC(=O)CC1c1ccc(OCc2ccccc2)cc1. The van der Waals surface area contributed by atoms with Crippen molar-refractivity contribution in [1.29, 1.82) is 0 Å². The number of allylic oxidation sites excluding steroid dienone is 1. The predicted octanol–water partition coefficient (Wildman–Crippen LogP) is 3.94. The highest BCUT2D eigenvalue weighted by Gasteiger charge is 2.38. The van der Waals surface area contributed by atoms with E-state index >= 15 is 0 Å². The van der Waals surface area contributed by atoms with Crippen molar-refractivity contribution in [3.8, 4) is 5.75 Å². The van der Waals surface area contributed by atoms with Crippen molar-refractivity contribution < 1.29 is 24.2 Å². The first-order chi connectivity index (χ1) is 13.1. The van der Waals surface area contributed by atoms with Crippen LogP contribution in [-0.2, 0) is 20.9 Å². The number of hydrogen-bond acceptors (Lipinski definition) is 5. The second-order valence-electron chi connectivity index (χ2n) is 6.42. The molecule has 0 aromatic heterocycles. The van der Waals surface area contributed by atoms with E-state index in [9.17, 15) is 14.7 Å². The molecule has 0 aliphatic heterocycles. The average Bonchev–Trinajstić information content (AvgIpc) is 2.67. The molecule has 27 heavy (non-hydrogen) atoms. The molecule has 5 nitrogen and oxygen atoms in total. The van der Waals surface area contributed by atoms with Crippen molar-refractivity contribution in [2.24, 2.45) is 5.92 Å². The van der Waals surface area contributed by atoms with E-state index in [-0.39, 0.29) is 24.6 Å². The van der Waals surface area contributed by atoms with Crippen molar-refractivity contribution >= 4 is 11.8 Å². The summed E-state index contributed by atoms with van der Waals surface area (Å²) in [5, 5.41) is 10.1. The maximum Gasteiger partial charge on any atom is 0.317 e. The largest absolute Gasteiger partial charge is 0.511 e. The first kappa shape index (κ1) is 18.7. The van der Waals surface area contributed by atoms with Crippen LogP contribution in [0.5, 0.6) is 5.75 Å². The van der Waals surface area contributed by atoms with Crippen molar-refractivity contribution in [2.45, 2.75) is 25.9 Å². The minimum absolute atomic E-state index is 0.151. The second-order valence-corrected chi connectivity index (χ2v) is 6.42. The van der Waals surface area contributed by atoms with Gasteiger partial charge in [-0.25, -0.2) is 0 Å². The van der Waals surface area contributed by atoms with E-state index in [1.54, 1.807) is 19.1 Å². The molecule has 2 unspecified atom stereocenters. The molecule has 2 atom stereocenters. The Morgan fingerprint density at radius 1 is 1.11 bits per heavy atom. The van der Waals surface area contributed by atoms with Gasteiger partial charge in [0, 0.05) is 18.4 Å². The van der Waals surface area contributed by atoms with Gasteiger partial charge in [0.15, 0.2) is 5.78 Å². The summed E-state index contributed by atoms with van der Waals surface area (Å²) in [6.07, 6.45) is 1.27. The van der Waals surface area contributed by atoms with E-state index < -0.39 is 17.8 Å². The standard InChI is InChI=1S/C22H22O5/c1-2-26-22(25)21-19(12-17(23)13-20(21)24)16-8-10-18(11-9-16)27-14-15-6-4-3-5-7-15/h3-11,13,19,21,24H,2,12,14H2,1H3. The molecule has 2 aromatic carbocycles. The lowest BCUT2D eigenvalue weighted by Gasteiger charge is -2.28. The van der Waals surface area contributed by atoms with E-state index in [1.165, 1.54) is 0 Å². The van der Waals surface area contributed by atoms with Crippen LogP contribution in [0.1, 0.15) is 30.4 Å². The van der Waals surface area contributed by atoms with E-state index in [0.29, 0.717) is 12.4 Å². The van der Waals surface area contributed by atoms with Gasteiger partial charge in [-0.3, -0.25) is 9.59 Å². The lowest BCUT2D eigenvalue weighted by Crippen LogP contribution is -2.31. The Balaban J connectivity index is 1.75. The number of aliphatic hydroxyl groups is 1. The number of carbonyl (C=O) groups is 2. The third kappa shape index (κ3) is 4.56. The molecule has 1 aliphatic carbocycles. The first-order valence-electron chi connectivity index (χ1n) is 8.95. The molecule has 1 aliphatic rings. The number of carbonyl (C=O) groups excluding carboxylic acids is 2. The molecule has 2 aromatic rings. The van der Waals surface area contributed by atoms with Crippen molar-refractivity contribution in [1.82, 2.24) is 0 Å². The first-order valence-corrected chi connectivity index (χ1v) is 8.95. The molecule has 0 amide bonds. The van der Waals surface area contributed by atoms with Gasteiger partial charge in [-0.15, -0.1) is 0 Å². The summed E-state index contributed by atoms with van der Waals surface area (Å²) in [6.45, 7) is 2.38. The minimum atomic E-state index is -0.862. The highest BCUT2D eigenvalue weighted by atomic mass is 16.5. The number of hydrogen-bond donors (Lipinski definition) is 1. The summed E-state index contributed by atoms with van der Waals surface area (Å²) >= 11 is 0. The molecule has 0 heterocycles. The van der Waals surface area contributed by atoms with Crippen molar-refractivity contribution in [2.75, 3.05) is 6.61 Å². The normalized spacial score (nSPS) is 19.3. The smallest absolute Gasteiger partial charge is 0.317 e. The van der Waals surface area contributed by atoms with Gasteiger partial charge in [0.25, 0.3) is 0 Å². The Hall–Kier alpha value is -3.08. The van der Waals surface area contributed by atoms with Gasteiger partial charge in [0.1, 0.15) is 24.0 Å². The highest BCUT2D eigenvalue weighted by Crippen LogP contribution is 2.37. The highest BCUT2D eigenvalue weighted by molar-refractivity contribution is 5.94. The summed E-state index contributed by atoms with van der Waals surface area (Å²) < 4.78 is 10.8. The fourth-order valence-corrected chi connectivity index (χ4v) is 3.23. The van der Waals surface area contributed by atoms with E-state index in [2.05, 4.69) is 0 Å². The fraction of sp³-hybridized carbons (Fsp3) is 0.273. The number of ether oxygens (including phenoxy) is 2. The van der Waals surface area contributed by atoms with Crippen molar-refractivity contribution in [3.63, 3.8) is 0 Å². The van der Waals surface area contributed by atoms with Crippen LogP contribution in [0.2, 0.25) is 0 Å². The summed E-state index contributed by atoms with van der Waals surface area (Å²) in [7, 11) is 0. The fourth-order valence-electron chi connectivity index (χ4n) is 3.23. The van der Waals surface area contributed by atoms with Crippen molar-refractivity contribution in [3.05, 3.63) is 77.6 Å². The molecule has 0 saturated heterocycles. The van der Waals surface area contributed by atoms with Gasteiger partial charge in [-0.2, -0.15) is 0 Å². The topological polar surface area (TPSA) is 72.8 Å². The van der Waals surface area contributed by atoms with Gasteiger partial charge in [-0.1, -0.05) is 42.5 Å². The quantitative estimate of drug-likeness (QED) is 0.784. The predicted molar refractivity (Wildman–Crippen MR) is 100 cm³/mol. The zero-order chi connectivity index (χ0) is 19.2. The summed E-state index contributed by atoms with van der Waals surface area (Å²) in [6, 6.07) is 17.1.